The maximum absolute atomic E-state index is 11.8. The molecule has 40 heavy (non-hydrogen) atoms. The van der Waals surface area contributed by atoms with Crippen LogP contribution in [0.5, 0.6) is 0 Å². The van der Waals surface area contributed by atoms with E-state index in [1.54, 1.807) is 0 Å². The number of ether oxygens (including phenoxy) is 2. The van der Waals surface area contributed by atoms with Crippen molar-refractivity contribution >= 4 is 6.03 Å². The lowest BCUT2D eigenvalue weighted by Crippen LogP contribution is -2.38. The van der Waals surface area contributed by atoms with Crippen molar-refractivity contribution < 1.29 is 24.5 Å². The summed E-state index contributed by atoms with van der Waals surface area (Å²) in [7, 11) is 0. The molecule has 8 heteroatoms. The largest absolute Gasteiger partial charge is 0.392 e. The molecule has 2 aliphatic rings. The Hall–Kier alpha value is -3.27. The van der Waals surface area contributed by atoms with Crippen LogP contribution in [0.15, 0.2) is 72.8 Å². The van der Waals surface area contributed by atoms with Gasteiger partial charge < -0.3 is 30.3 Å². The summed E-state index contributed by atoms with van der Waals surface area (Å²) >= 11 is 0. The van der Waals surface area contributed by atoms with E-state index in [9.17, 15) is 15.0 Å². The summed E-state index contributed by atoms with van der Waals surface area (Å²) in [5.74, 6) is 0. The van der Waals surface area contributed by atoms with Crippen molar-refractivity contribution in [1.29, 1.82) is 0 Å². The molecule has 4 atom stereocenters. The number of amides is 2. The SMILES string of the molecule is CCNC(=O)NCc1cccc(-c2cccc(C3OC(CN4CCC(O)C4)CC(c4ccc(CO)cc4)O3)c2)c1. The number of likely N-dealkylation sites (tertiary alicyclic amines) is 1. The van der Waals surface area contributed by atoms with Gasteiger partial charge in [0.15, 0.2) is 6.29 Å². The van der Waals surface area contributed by atoms with Gasteiger partial charge in [0, 0.05) is 44.7 Å². The highest BCUT2D eigenvalue weighted by molar-refractivity contribution is 5.74. The fourth-order valence-electron chi connectivity index (χ4n) is 5.43. The van der Waals surface area contributed by atoms with E-state index in [1.165, 1.54) is 0 Å². The summed E-state index contributed by atoms with van der Waals surface area (Å²) in [6, 6.07) is 24.1. The topological polar surface area (TPSA) is 103 Å². The highest BCUT2D eigenvalue weighted by Gasteiger charge is 2.34. The second kappa shape index (κ2) is 13.4. The van der Waals surface area contributed by atoms with Crippen molar-refractivity contribution in [3.8, 4) is 11.1 Å². The van der Waals surface area contributed by atoms with Crippen LogP contribution < -0.4 is 10.6 Å². The van der Waals surface area contributed by atoms with Crippen molar-refractivity contribution in [3.05, 3.63) is 95.1 Å². The molecule has 0 bridgehead atoms. The summed E-state index contributed by atoms with van der Waals surface area (Å²) in [5.41, 5.74) is 5.96. The van der Waals surface area contributed by atoms with E-state index in [0.29, 0.717) is 26.1 Å². The summed E-state index contributed by atoms with van der Waals surface area (Å²) in [4.78, 5) is 14.1. The molecule has 0 saturated carbocycles. The maximum atomic E-state index is 11.8. The number of nitrogens with zero attached hydrogens (tertiary/aromatic N) is 1. The molecule has 2 heterocycles. The Kier molecular flexibility index (Phi) is 9.46. The van der Waals surface area contributed by atoms with Crippen molar-refractivity contribution in [2.75, 3.05) is 26.2 Å². The van der Waals surface area contributed by atoms with Gasteiger partial charge in [0.2, 0.25) is 0 Å². The average Bonchev–Trinajstić information content (AvgIpc) is 3.40. The standard InChI is InChI=1S/C32H39N3O5/c1-2-33-32(38)34-18-23-5-3-6-25(15-23)26-7-4-8-27(16-26)31-39-29(20-35-14-13-28(37)19-35)17-30(40-31)24-11-9-22(21-36)10-12-24/h3-12,15-16,28-31,36-37H,2,13-14,17-21H2,1H3,(H2,33,34,38). The molecular weight excluding hydrogens is 506 g/mol. The number of carbonyl (C=O) groups is 1. The maximum Gasteiger partial charge on any atom is 0.315 e. The minimum atomic E-state index is -0.545. The van der Waals surface area contributed by atoms with Crippen LogP contribution in [0.2, 0.25) is 0 Å². The first-order chi connectivity index (χ1) is 19.5. The smallest absolute Gasteiger partial charge is 0.315 e. The van der Waals surface area contributed by atoms with Crippen LogP contribution in [0.3, 0.4) is 0 Å². The minimum absolute atomic E-state index is 0.00738. The second-order valence-corrected chi connectivity index (χ2v) is 10.6. The number of carbonyl (C=O) groups excluding carboxylic acids is 1. The summed E-state index contributed by atoms with van der Waals surface area (Å²) < 4.78 is 13.1. The summed E-state index contributed by atoms with van der Waals surface area (Å²) in [5, 5.41) is 25.1. The van der Waals surface area contributed by atoms with Crippen molar-refractivity contribution in [3.63, 3.8) is 0 Å². The highest BCUT2D eigenvalue weighted by Crippen LogP contribution is 2.39. The predicted molar refractivity (Wildman–Crippen MR) is 153 cm³/mol. The highest BCUT2D eigenvalue weighted by atomic mass is 16.7. The molecule has 2 aliphatic heterocycles. The molecule has 8 nitrogen and oxygen atoms in total. The quantitative estimate of drug-likeness (QED) is 0.320. The van der Waals surface area contributed by atoms with Gasteiger partial charge in [-0.15, -0.1) is 0 Å². The Morgan fingerprint density at radius 3 is 2.45 bits per heavy atom. The second-order valence-electron chi connectivity index (χ2n) is 10.6. The molecule has 0 spiro atoms. The molecule has 3 aromatic rings. The van der Waals surface area contributed by atoms with Gasteiger partial charge >= 0.3 is 6.03 Å². The molecule has 2 amide bonds. The lowest BCUT2D eigenvalue weighted by molar-refractivity contribution is -0.252. The minimum Gasteiger partial charge on any atom is -0.392 e. The Morgan fingerprint density at radius 2 is 1.73 bits per heavy atom. The Labute approximate surface area is 235 Å². The fraction of sp³-hybridized carbons (Fsp3) is 0.406. The van der Waals surface area contributed by atoms with Gasteiger partial charge in [-0.25, -0.2) is 4.79 Å². The normalized spacial score (nSPS) is 23.2. The zero-order valence-electron chi connectivity index (χ0n) is 23.0. The van der Waals surface area contributed by atoms with Crippen LogP contribution in [0, 0.1) is 0 Å². The van der Waals surface area contributed by atoms with Crippen molar-refractivity contribution in [2.45, 2.75) is 57.5 Å². The molecule has 212 valence electrons. The Morgan fingerprint density at radius 1 is 0.950 bits per heavy atom. The number of hydrogen-bond donors (Lipinski definition) is 4. The van der Waals surface area contributed by atoms with Gasteiger partial charge in [0.25, 0.3) is 0 Å². The van der Waals surface area contributed by atoms with Gasteiger partial charge in [-0.2, -0.15) is 0 Å². The van der Waals surface area contributed by atoms with Gasteiger partial charge in [-0.1, -0.05) is 60.7 Å². The first kappa shape index (κ1) is 28.3. The molecule has 0 aromatic heterocycles. The third-order valence-electron chi connectivity index (χ3n) is 7.53. The average molecular weight is 546 g/mol. The fourth-order valence-corrected chi connectivity index (χ4v) is 5.43. The van der Waals surface area contributed by atoms with Gasteiger partial charge in [0.1, 0.15) is 0 Å². The zero-order valence-corrected chi connectivity index (χ0v) is 23.0. The molecule has 4 unspecified atom stereocenters. The molecule has 3 aromatic carbocycles. The van der Waals surface area contributed by atoms with Crippen molar-refractivity contribution in [1.82, 2.24) is 15.5 Å². The molecule has 2 saturated heterocycles. The Bertz CT molecular complexity index is 1270. The number of benzene rings is 3. The van der Waals surface area contributed by atoms with E-state index in [2.05, 4.69) is 39.8 Å². The number of aliphatic hydroxyl groups excluding tert-OH is 2. The molecular formula is C32H39N3O5. The monoisotopic (exact) mass is 545 g/mol. The predicted octanol–water partition coefficient (Wildman–Crippen LogP) is 4.28. The molecule has 2 fully saturated rings. The summed E-state index contributed by atoms with van der Waals surface area (Å²) in [6.45, 7) is 5.19. The third-order valence-corrected chi connectivity index (χ3v) is 7.53. The van der Waals surface area contributed by atoms with Gasteiger partial charge in [-0.05, 0) is 53.3 Å². The molecule has 0 aliphatic carbocycles. The van der Waals surface area contributed by atoms with E-state index >= 15 is 0 Å². The van der Waals surface area contributed by atoms with Gasteiger partial charge in [-0.3, -0.25) is 4.90 Å². The number of urea groups is 1. The van der Waals surface area contributed by atoms with Crippen LogP contribution in [-0.4, -0.2) is 59.5 Å². The molecule has 4 N–H and O–H groups in total. The van der Waals surface area contributed by atoms with Crippen LogP contribution in [0.4, 0.5) is 4.79 Å². The zero-order chi connectivity index (χ0) is 27.9. The molecule has 5 rings (SSSR count). The first-order valence-corrected chi connectivity index (χ1v) is 14.1. The van der Waals surface area contributed by atoms with E-state index in [4.69, 9.17) is 9.47 Å². The number of aliphatic hydroxyl groups is 2. The van der Waals surface area contributed by atoms with Crippen molar-refractivity contribution in [2.24, 2.45) is 0 Å². The van der Waals surface area contributed by atoms with Crippen LogP contribution in [-0.2, 0) is 22.6 Å². The first-order valence-electron chi connectivity index (χ1n) is 14.1. The lowest BCUT2D eigenvalue weighted by Gasteiger charge is -2.38. The van der Waals surface area contributed by atoms with E-state index < -0.39 is 6.29 Å². The summed E-state index contributed by atoms with van der Waals surface area (Å²) in [6.07, 6.45) is 0.466. The number of rotatable bonds is 9. The number of hydrogen-bond acceptors (Lipinski definition) is 6. The number of β-amino-alcohol motifs (C(OH)–C–C–N with tert-alkyl or cyclic N) is 1. The van der Waals surface area contributed by atoms with E-state index in [1.807, 2.05) is 55.5 Å². The van der Waals surface area contributed by atoms with E-state index in [-0.39, 0.29) is 30.9 Å². The van der Waals surface area contributed by atoms with Gasteiger partial charge in [0.05, 0.1) is 24.9 Å². The Balaban J connectivity index is 1.35. The number of nitrogens with one attached hydrogen (secondary N) is 2. The van der Waals surface area contributed by atoms with Crippen LogP contribution in [0.1, 0.15) is 54.4 Å². The van der Waals surface area contributed by atoms with E-state index in [0.717, 1.165) is 52.9 Å². The van der Waals surface area contributed by atoms with Crippen LogP contribution >= 0.6 is 0 Å². The lowest BCUT2D eigenvalue weighted by atomic mass is 9.98. The van der Waals surface area contributed by atoms with Crippen LogP contribution in [0.25, 0.3) is 11.1 Å². The molecule has 0 radical (unpaired) electrons. The third kappa shape index (κ3) is 7.27.